The zero-order chi connectivity index (χ0) is 8.55. The highest BCUT2D eigenvalue weighted by Crippen LogP contribution is 2.25. The van der Waals surface area contributed by atoms with Crippen LogP contribution in [0, 0.1) is 12.8 Å². The Kier molecular flexibility index (Phi) is 1.89. The van der Waals surface area contributed by atoms with Crippen LogP contribution in [0.15, 0.2) is 4.42 Å². The number of fused-ring (bicyclic) bond motifs is 1. The van der Waals surface area contributed by atoms with Gasteiger partial charge in [-0.2, -0.15) is 0 Å². The van der Waals surface area contributed by atoms with Crippen LogP contribution in [-0.2, 0) is 12.8 Å². The van der Waals surface area contributed by atoms with Gasteiger partial charge in [0.05, 0.1) is 5.69 Å². The molecule has 1 aromatic heterocycles. The third kappa shape index (κ3) is 1.25. The zero-order valence-corrected chi connectivity index (χ0v) is 7.21. The Morgan fingerprint density at radius 1 is 1.67 bits per heavy atom. The Labute approximate surface area is 71.4 Å². The minimum atomic E-state index is 0.269. The summed E-state index contributed by atoms with van der Waals surface area (Å²) in [4.78, 5) is 4.27. The Morgan fingerprint density at radius 3 is 3.25 bits per heavy atom. The first-order valence-corrected chi connectivity index (χ1v) is 4.35. The van der Waals surface area contributed by atoms with Crippen molar-refractivity contribution in [1.29, 1.82) is 0 Å². The third-order valence-electron chi connectivity index (χ3n) is 2.41. The Hall–Kier alpha value is -0.830. The van der Waals surface area contributed by atoms with Gasteiger partial charge >= 0.3 is 0 Å². The minimum absolute atomic E-state index is 0.269. The number of rotatable bonds is 1. The van der Waals surface area contributed by atoms with Crippen molar-refractivity contribution in [3.8, 4) is 0 Å². The van der Waals surface area contributed by atoms with E-state index in [1.165, 1.54) is 0 Å². The molecule has 1 aliphatic carbocycles. The van der Waals surface area contributed by atoms with Crippen LogP contribution in [0.5, 0.6) is 0 Å². The lowest BCUT2D eigenvalue weighted by atomic mass is 9.91. The molecule has 1 aromatic rings. The summed E-state index contributed by atoms with van der Waals surface area (Å²) >= 11 is 0. The molecule has 2 rings (SSSR count). The van der Waals surface area contributed by atoms with Crippen LogP contribution in [0.1, 0.15) is 23.8 Å². The van der Waals surface area contributed by atoms with Gasteiger partial charge in [0.2, 0.25) is 0 Å². The number of hydrogen-bond acceptors (Lipinski definition) is 3. The van der Waals surface area contributed by atoms with Gasteiger partial charge in [0, 0.05) is 20.0 Å². The van der Waals surface area contributed by atoms with E-state index in [0.29, 0.717) is 5.92 Å². The Morgan fingerprint density at radius 2 is 2.50 bits per heavy atom. The van der Waals surface area contributed by atoms with E-state index in [4.69, 9.17) is 9.52 Å². The van der Waals surface area contributed by atoms with Crippen molar-refractivity contribution < 1.29 is 9.52 Å². The molecular weight excluding hydrogens is 154 g/mol. The van der Waals surface area contributed by atoms with E-state index in [1.807, 2.05) is 6.92 Å². The number of aliphatic hydroxyl groups is 1. The fourth-order valence-electron chi connectivity index (χ4n) is 1.73. The molecule has 3 heteroatoms. The molecule has 0 aliphatic heterocycles. The predicted octanol–water partition coefficient (Wildman–Crippen LogP) is 1.08. The molecule has 0 spiro atoms. The molecule has 0 saturated heterocycles. The van der Waals surface area contributed by atoms with Crippen LogP contribution in [0.25, 0.3) is 0 Å². The van der Waals surface area contributed by atoms with E-state index in [9.17, 15) is 0 Å². The molecule has 1 unspecified atom stereocenters. The monoisotopic (exact) mass is 167 g/mol. The quantitative estimate of drug-likeness (QED) is 0.680. The number of aromatic nitrogens is 1. The van der Waals surface area contributed by atoms with Gasteiger partial charge in [-0.05, 0) is 18.8 Å². The average Bonchev–Trinajstić information content (AvgIpc) is 2.43. The largest absolute Gasteiger partial charge is 0.446 e. The highest BCUT2D eigenvalue weighted by molar-refractivity contribution is 5.14. The fraction of sp³-hybridized carbons (Fsp3) is 0.667. The number of aryl methyl sites for hydroxylation is 2. The van der Waals surface area contributed by atoms with Crippen molar-refractivity contribution in [3.63, 3.8) is 0 Å². The molecule has 12 heavy (non-hydrogen) atoms. The summed E-state index contributed by atoms with van der Waals surface area (Å²) in [5.41, 5.74) is 1.05. The molecule has 1 atom stereocenters. The molecular formula is C9H13NO2. The molecule has 0 amide bonds. The van der Waals surface area contributed by atoms with Gasteiger partial charge in [-0.25, -0.2) is 4.98 Å². The summed E-state index contributed by atoms with van der Waals surface area (Å²) in [5.74, 6) is 2.16. The molecule has 0 saturated carbocycles. The van der Waals surface area contributed by atoms with Crippen LogP contribution < -0.4 is 0 Å². The van der Waals surface area contributed by atoms with E-state index >= 15 is 0 Å². The highest BCUT2D eigenvalue weighted by Gasteiger charge is 2.22. The van der Waals surface area contributed by atoms with E-state index in [-0.39, 0.29) is 6.61 Å². The van der Waals surface area contributed by atoms with E-state index in [2.05, 4.69) is 4.98 Å². The van der Waals surface area contributed by atoms with E-state index in [1.54, 1.807) is 0 Å². The van der Waals surface area contributed by atoms with Gasteiger partial charge in [0.25, 0.3) is 0 Å². The summed E-state index contributed by atoms with van der Waals surface area (Å²) in [5, 5.41) is 8.97. The number of hydrogen-bond donors (Lipinski definition) is 1. The van der Waals surface area contributed by atoms with Gasteiger partial charge in [-0.15, -0.1) is 0 Å². The summed E-state index contributed by atoms with van der Waals surface area (Å²) < 4.78 is 5.41. The van der Waals surface area contributed by atoms with Gasteiger partial charge in [0.15, 0.2) is 5.89 Å². The molecule has 3 nitrogen and oxygen atoms in total. The maximum absolute atomic E-state index is 8.97. The van der Waals surface area contributed by atoms with Crippen molar-refractivity contribution in [1.82, 2.24) is 4.98 Å². The number of oxazole rings is 1. The molecule has 0 fully saturated rings. The fourth-order valence-corrected chi connectivity index (χ4v) is 1.73. The Balaban J connectivity index is 2.22. The van der Waals surface area contributed by atoms with Crippen molar-refractivity contribution in [3.05, 3.63) is 17.3 Å². The molecule has 66 valence electrons. The first-order valence-electron chi connectivity index (χ1n) is 4.35. The second-order valence-electron chi connectivity index (χ2n) is 3.39. The summed E-state index contributed by atoms with van der Waals surface area (Å²) in [6.45, 7) is 2.14. The topological polar surface area (TPSA) is 46.3 Å². The normalized spacial score (nSPS) is 22.3. The van der Waals surface area contributed by atoms with Gasteiger partial charge in [-0.3, -0.25) is 0 Å². The highest BCUT2D eigenvalue weighted by atomic mass is 16.4. The van der Waals surface area contributed by atoms with Crippen LogP contribution in [0.3, 0.4) is 0 Å². The number of nitrogens with zero attached hydrogens (tertiary/aromatic N) is 1. The maximum atomic E-state index is 8.97. The lowest BCUT2D eigenvalue weighted by Crippen LogP contribution is -2.16. The smallest absolute Gasteiger partial charge is 0.191 e. The van der Waals surface area contributed by atoms with E-state index < -0.39 is 0 Å². The van der Waals surface area contributed by atoms with Crippen molar-refractivity contribution in [2.24, 2.45) is 5.92 Å². The molecule has 0 aromatic carbocycles. The summed E-state index contributed by atoms with van der Waals surface area (Å²) in [6, 6.07) is 0. The van der Waals surface area contributed by atoms with Gasteiger partial charge in [-0.1, -0.05) is 0 Å². The Bertz CT molecular complexity index is 280. The van der Waals surface area contributed by atoms with Gasteiger partial charge < -0.3 is 9.52 Å². The molecule has 1 N–H and O–H groups in total. The molecule has 0 bridgehead atoms. The standard InChI is InChI=1S/C9H13NO2/c1-6-10-8-4-7(5-11)2-3-9(8)12-6/h7,11H,2-5H2,1H3. The predicted molar refractivity (Wildman–Crippen MR) is 43.8 cm³/mol. The number of aliphatic hydroxyl groups excluding tert-OH is 1. The molecule has 0 radical (unpaired) electrons. The molecule has 1 aliphatic rings. The van der Waals surface area contributed by atoms with Crippen molar-refractivity contribution in [2.75, 3.05) is 6.61 Å². The van der Waals surface area contributed by atoms with Crippen LogP contribution >= 0.6 is 0 Å². The van der Waals surface area contributed by atoms with E-state index in [0.717, 1.165) is 36.6 Å². The second kappa shape index (κ2) is 2.90. The van der Waals surface area contributed by atoms with Crippen LogP contribution in [0.4, 0.5) is 0 Å². The second-order valence-corrected chi connectivity index (χ2v) is 3.39. The van der Waals surface area contributed by atoms with Crippen molar-refractivity contribution in [2.45, 2.75) is 26.2 Å². The average molecular weight is 167 g/mol. The third-order valence-corrected chi connectivity index (χ3v) is 2.41. The summed E-state index contributed by atoms with van der Waals surface area (Å²) in [6.07, 6.45) is 2.84. The maximum Gasteiger partial charge on any atom is 0.191 e. The first-order chi connectivity index (χ1) is 5.79. The lowest BCUT2D eigenvalue weighted by Gasteiger charge is -2.16. The van der Waals surface area contributed by atoms with Gasteiger partial charge in [0.1, 0.15) is 5.76 Å². The molecule has 1 heterocycles. The van der Waals surface area contributed by atoms with Crippen molar-refractivity contribution >= 4 is 0 Å². The SMILES string of the molecule is Cc1nc2c(o1)CCC(CO)C2. The zero-order valence-electron chi connectivity index (χ0n) is 7.21. The summed E-state index contributed by atoms with van der Waals surface area (Å²) in [7, 11) is 0. The minimum Gasteiger partial charge on any atom is -0.446 e. The lowest BCUT2D eigenvalue weighted by molar-refractivity contribution is 0.208. The van der Waals surface area contributed by atoms with Crippen LogP contribution in [0.2, 0.25) is 0 Å². The first kappa shape index (κ1) is 7.80. The van der Waals surface area contributed by atoms with Crippen LogP contribution in [-0.4, -0.2) is 16.7 Å².